The van der Waals surface area contributed by atoms with Crippen LogP contribution >= 0.6 is 0 Å². The van der Waals surface area contributed by atoms with E-state index in [0.717, 1.165) is 16.7 Å². The highest BCUT2D eigenvalue weighted by Gasteiger charge is 2.20. The summed E-state index contributed by atoms with van der Waals surface area (Å²) < 4.78 is 33.9. The zero-order valence-electron chi connectivity index (χ0n) is 18.7. The molecule has 0 aliphatic heterocycles. The van der Waals surface area contributed by atoms with E-state index in [1.165, 1.54) is 12.1 Å². The first-order valence-corrected chi connectivity index (χ1v) is 11.9. The lowest BCUT2D eigenvalue weighted by Gasteiger charge is -2.18. The molecule has 0 radical (unpaired) electrons. The lowest BCUT2D eigenvalue weighted by Crippen LogP contribution is -2.32. The second-order valence-corrected chi connectivity index (χ2v) is 9.45. The molecule has 0 aliphatic carbocycles. The van der Waals surface area contributed by atoms with Gasteiger partial charge in [-0.3, -0.25) is 9.52 Å². The number of hydrogen-bond donors (Lipinski definition) is 2. The Labute approximate surface area is 189 Å². The zero-order valence-corrected chi connectivity index (χ0v) is 19.5. The molecule has 0 spiro atoms. The molecule has 1 atom stereocenters. The van der Waals surface area contributed by atoms with Crippen LogP contribution in [0.3, 0.4) is 0 Å². The Morgan fingerprint density at radius 2 is 1.62 bits per heavy atom. The van der Waals surface area contributed by atoms with Crippen molar-refractivity contribution < 1.29 is 17.9 Å². The number of hydrogen-bond acceptors (Lipinski definition) is 4. The molecule has 1 amide bonds. The van der Waals surface area contributed by atoms with E-state index in [-0.39, 0.29) is 10.8 Å². The number of rotatable bonds is 8. The molecule has 0 bridgehead atoms. The summed E-state index contributed by atoms with van der Waals surface area (Å²) in [7, 11) is -3.75. The fraction of sp³-hybridized carbons (Fsp3) is 0.240. The topological polar surface area (TPSA) is 84.5 Å². The Morgan fingerprint density at radius 1 is 0.938 bits per heavy atom. The van der Waals surface area contributed by atoms with E-state index in [9.17, 15) is 13.2 Å². The number of carbonyl (C=O) groups excluding carboxylic acids is 1. The highest BCUT2D eigenvalue weighted by atomic mass is 32.2. The van der Waals surface area contributed by atoms with Gasteiger partial charge >= 0.3 is 0 Å². The maximum atomic E-state index is 12.7. The summed E-state index contributed by atoms with van der Waals surface area (Å²) >= 11 is 0. The maximum Gasteiger partial charge on any atom is 0.265 e. The lowest BCUT2D eigenvalue weighted by molar-refractivity contribution is -0.122. The van der Waals surface area contributed by atoms with E-state index >= 15 is 0 Å². The van der Waals surface area contributed by atoms with Crippen molar-refractivity contribution in [1.82, 2.24) is 0 Å². The van der Waals surface area contributed by atoms with Gasteiger partial charge in [-0.15, -0.1) is 0 Å². The molecule has 0 saturated heterocycles. The quantitative estimate of drug-likeness (QED) is 0.491. The Morgan fingerprint density at radius 3 is 2.25 bits per heavy atom. The van der Waals surface area contributed by atoms with Gasteiger partial charge in [0.15, 0.2) is 6.10 Å². The summed E-state index contributed by atoms with van der Waals surface area (Å²) in [5.41, 5.74) is 3.97. The van der Waals surface area contributed by atoms with Gasteiger partial charge < -0.3 is 10.1 Å². The van der Waals surface area contributed by atoms with E-state index in [2.05, 4.69) is 10.0 Å². The molecule has 3 aromatic rings. The third kappa shape index (κ3) is 5.88. The second-order valence-electron chi connectivity index (χ2n) is 7.77. The van der Waals surface area contributed by atoms with Crippen LogP contribution in [-0.2, 0) is 14.8 Å². The Balaban J connectivity index is 1.68. The van der Waals surface area contributed by atoms with Crippen LogP contribution < -0.4 is 14.8 Å². The van der Waals surface area contributed by atoms with Gasteiger partial charge in [0.1, 0.15) is 5.75 Å². The monoisotopic (exact) mass is 452 g/mol. The van der Waals surface area contributed by atoms with Crippen LogP contribution in [-0.4, -0.2) is 20.4 Å². The first-order valence-electron chi connectivity index (χ1n) is 10.4. The predicted molar refractivity (Wildman–Crippen MR) is 128 cm³/mol. The minimum absolute atomic E-state index is 0.110. The van der Waals surface area contributed by atoms with Gasteiger partial charge in [-0.25, -0.2) is 8.42 Å². The number of ether oxygens (including phenoxy) is 1. The van der Waals surface area contributed by atoms with Crippen molar-refractivity contribution in [1.29, 1.82) is 0 Å². The highest BCUT2D eigenvalue weighted by Crippen LogP contribution is 2.22. The number of anilines is 2. The van der Waals surface area contributed by atoms with Crippen LogP contribution in [0.2, 0.25) is 0 Å². The third-order valence-corrected chi connectivity index (χ3v) is 6.37. The van der Waals surface area contributed by atoms with Gasteiger partial charge in [0.05, 0.1) is 10.6 Å². The van der Waals surface area contributed by atoms with Gasteiger partial charge in [0.2, 0.25) is 0 Å². The van der Waals surface area contributed by atoms with E-state index in [1.54, 1.807) is 18.2 Å². The summed E-state index contributed by atoms with van der Waals surface area (Å²) in [6, 6.07) is 19.1. The Kier molecular flexibility index (Phi) is 7.20. The summed E-state index contributed by atoms with van der Waals surface area (Å²) in [5, 5.41) is 2.79. The molecule has 32 heavy (non-hydrogen) atoms. The second kappa shape index (κ2) is 9.87. The normalized spacial score (nSPS) is 12.1. The van der Waals surface area contributed by atoms with Crippen molar-refractivity contribution in [2.24, 2.45) is 0 Å². The molecule has 0 aromatic heterocycles. The van der Waals surface area contributed by atoms with Crippen molar-refractivity contribution in [3.8, 4) is 5.75 Å². The number of sulfonamides is 1. The number of aryl methyl sites for hydroxylation is 3. The minimum Gasteiger partial charge on any atom is -0.481 e. The standard InChI is InChI=1S/C25H28N2O4S/c1-5-24(31-21-8-6-7-17(2)16-21)25(28)26-20-10-12-22(13-11-20)32(29,30)27-23-14-9-18(3)15-19(23)4/h6-16,24,27H,5H2,1-4H3,(H,26,28)/t24-/m1/s1. The van der Waals surface area contributed by atoms with Gasteiger partial charge in [0, 0.05) is 5.69 Å². The summed E-state index contributed by atoms with van der Waals surface area (Å²) in [4.78, 5) is 12.8. The molecular weight excluding hydrogens is 424 g/mol. The number of amides is 1. The fourth-order valence-corrected chi connectivity index (χ4v) is 4.38. The fourth-order valence-electron chi connectivity index (χ4n) is 3.25. The van der Waals surface area contributed by atoms with Gasteiger partial charge in [0.25, 0.3) is 15.9 Å². The van der Waals surface area contributed by atoms with Crippen LogP contribution in [0, 0.1) is 20.8 Å². The van der Waals surface area contributed by atoms with Crippen LogP contribution in [0.5, 0.6) is 5.75 Å². The van der Waals surface area contributed by atoms with Crippen molar-refractivity contribution >= 4 is 27.3 Å². The smallest absolute Gasteiger partial charge is 0.265 e. The lowest BCUT2D eigenvalue weighted by atomic mass is 10.1. The number of nitrogens with one attached hydrogen (secondary N) is 2. The Bertz CT molecular complexity index is 1200. The molecule has 0 fully saturated rings. The summed E-state index contributed by atoms with van der Waals surface area (Å²) in [5.74, 6) is 0.337. The van der Waals surface area contributed by atoms with Crippen LogP contribution in [0.1, 0.15) is 30.0 Å². The van der Waals surface area contributed by atoms with Crippen LogP contribution in [0.15, 0.2) is 71.6 Å². The molecule has 168 valence electrons. The molecule has 0 aliphatic rings. The minimum atomic E-state index is -3.75. The van der Waals surface area contributed by atoms with Crippen molar-refractivity contribution in [2.45, 2.75) is 45.1 Å². The molecular formula is C25H28N2O4S. The molecule has 3 rings (SSSR count). The van der Waals surface area contributed by atoms with Crippen molar-refractivity contribution in [3.05, 3.63) is 83.4 Å². The van der Waals surface area contributed by atoms with E-state index in [4.69, 9.17) is 4.74 Å². The van der Waals surface area contributed by atoms with Crippen LogP contribution in [0.4, 0.5) is 11.4 Å². The summed E-state index contributed by atoms with van der Waals surface area (Å²) in [6.45, 7) is 7.63. The Hall–Kier alpha value is -3.32. The van der Waals surface area contributed by atoms with E-state index in [0.29, 0.717) is 23.5 Å². The zero-order chi connectivity index (χ0) is 23.3. The van der Waals surface area contributed by atoms with Gasteiger partial charge in [-0.1, -0.05) is 36.8 Å². The summed E-state index contributed by atoms with van der Waals surface area (Å²) in [6.07, 6.45) is -0.169. The van der Waals surface area contributed by atoms with Gasteiger partial charge in [-0.2, -0.15) is 0 Å². The SMILES string of the molecule is CC[C@@H](Oc1cccc(C)c1)C(=O)Nc1ccc(S(=O)(=O)Nc2ccc(C)cc2C)cc1. The highest BCUT2D eigenvalue weighted by molar-refractivity contribution is 7.92. The molecule has 7 heteroatoms. The molecule has 0 saturated carbocycles. The van der Waals surface area contributed by atoms with Crippen LogP contribution in [0.25, 0.3) is 0 Å². The first kappa shape index (κ1) is 23.3. The molecule has 2 N–H and O–H groups in total. The largest absolute Gasteiger partial charge is 0.481 e. The number of benzene rings is 3. The van der Waals surface area contributed by atoms with E-state index in [1.807, 2.05) is 64.1 Å². The third-order valence-electron chi connectivity index (χ3n) is 4.99. The maximum absolute atomic E-state index is 12.7. The van der Waals surface area contributed by atoms with Crippen molar-refractivity contribution in [2.75, 3.05) is 10.0 Å². The molecule has 0 heterocycles. The van der Waals surface area contributed by atoms with Gasteiger partial charge in [-0.05, 0) is 80.8 Å². The van der Waals surface area contributed by atoms with Crippen molar-refractivity contribution in [3.63, 3.8) is 0 Å². The van der Waals surface area contributed by atoms with E-state index < -0.39 is 16.1 Å². The molecule has 6 nitrogen and oxygen atoms in total. The first-order chi connectivity index (χ1) is 15.2. The average molecular weight is 453 g/mol. The molecule has 0 unspecified atom stereocenters. The average Bonchev–Trinajstić information content (AvgIpc) is 2.74. The number of carbonyl (C=O) groups is 1. The predicted octanol–water partition coefficient (Wildman–Crippen LogP) is 5.21. The molecule has 3 aromatic carbocycles.